The number of halogens is 2. The van der Waals surface area contributed by atoms with Crippen molar-refractivity contribution in [1.29, 1.82) is 0 Å². The van der Waals surface area contributed by atoms with Crippen LogP contribution in [0.5, 0.6) is 0 Å². The van der Waals surface area contributed by atoms with E-state index in [1.165, 1.54) is 24.4 Å². The van der Waals surface area contributed by atoms with E-state index in [0.717, 1.165) is 19.4 Å². The molecule has 0 radical (unpaired) electrons. The van der Waals surface area contributed by atoms with Crippen molar-refractivity contribution in [3.05, 3.63) is 52.9 Å². The molecular formula is C18H20ClFN2O2. The quantitative estimate of drug-likeness (QED) is 0.729. The lowest BCUT2D eigenvalue weighted by Crippen LogP contribution is -2.25. The Balaban J connectivity index is 1.95. The normalized spacial score (nSPS) is 10.6. The Morgan fingerprint density at radius 2 is 2.17 bits per heavy atom. The van der Waals surface area contributed by atoms with Gasteiger partial charge in [0, 0.05) is 31.5 Å². The minimum atomic E-state index is -0.363. The van der Waals surface area contributed by atoms with Crippen molar-refractivity contribution in [2.24, 2.45) is 0 Å². The summed E-state index contributed by atoms with van der Waals surface area (Å²) in [6.07, 6.45) is 3.16. The molecule has 0 fully saturated rings. The smallest absolute Gasteiger partial charge is 0.252 e. The molecule has 4 nitrogen and oxygen atoms in total. The molecule has 0 saturated heterocycles. The van der Waals surface area contributed by atoms with Gasteiger partial charge in [-0.15, -0.1) is 0 Å². The lowest BCUT2D eigenvalue weighted by molar-refractivity contribution is 0.0941. The Kier molecular flexibility index (Phi) is 7.15. The largest absolute Gasteiger partial charge is 0.381 e. The molecule has 24 heavy (non-hydrogen) atoms. The second-order valence-corrected chi connectivity index (χ2v) is 5.69. The highest BCUT2D eigenvalue weighted by Crippen LogP contribution is 2.26. The molecule has 0 bridgehead atoms. The third-order valence-electron chi connectivity index (χ3n) is 3.30. The fourth-order valence-corrected chi connectivity index (χ4v) is 2.41. The summed E-state index contributed by atoms with van der Waals surface area (Å²) in [6, 6.07) is 7.54. The molecule has 1 heterocycles. The molecule has 6 heteroatoms. The first kappa shape index (κ1) is 18.4. The predicted molar refractivity (Wildman–Crippen MR) is 92.7 cm³/mol. The fraction of sp³-hybridized carbons (Fsp3) is 0.333. The highest BCUT2D eigenvalue weighted by molar-refractivity contribution is 6.33. The standard InChI is InChI=1S/C18H20ClFN2O2/c1-2-8-24-9-4-7-21-18(23)14-11-16(19)17(22-12-14)13-5-3-6-15(20)10-13/h3,5-6,10-12H,2,4,7-9H2,1H3,(H,21,23). The van der Waals surface area contributed by atoms with Crippen LogP contribution < -0.4 is 5.32 Å². The highest BCUT2D eigenvalue weighted by Gasteiger charge is 2.11. The number of amides is 1. The summed E-state index contributed by atoms with van der Waals surface area (Å²) in [7, 11) is 0. The number of carbonyl (C=O) groups excluding carboxylic acids is 1. The van der Waals surface area contributed by atoms with Gasteiger partial charge in [-0.05, 0) is 31.0 Å². The van der Waals surface area contributed by atoms with Gasteiger partial charge in [0.1, 0.15) is 5.82 Å². The maximum atomic E-state index is 13.3. The van der Waals surface area contributed by atoms with E-state index in [9.17, 15) is 9.18 Å². The van der Waals surface area contributed by atoms with E-state index in [1.807, 2.05) is 6.92 Å². The van der Waals surface area contributed by atoms with E-state index in [2.05, 4.69) is 10.3 Å². The van der Waals surface area contributed by atoms with Crippen molar-refractivity contribution in [1.82, 2.24) is 10.3 Å². The molecule has 128 valence electrons. The van der Waals surface area contributed by atoms with E-state index in [1.54, 1.807) is 12.1 Å². The van der Waals surface area contributed by atoms with Gasteiger partial charge in [-0.25, -0.2) is 4.39 Å². The van der Waals surface area contributed by atoms with Crippen molar-refractivity contribution in [2.45, 2.75) is 19.8 Å². The topological polar surface area (TPSA) is 51.2 Å². The number of benzene rings is 1. The molecule has 0 atom stereocenters. The molecule has 2 rings (SSSR count). The fourth-order valence-electron chi connectivity index (χ4n) is 2.13. The van der Waals surface area contributed by atoms with Crippen molar-refractivity contribution >= 4 is 17.5 Å². The monoisotopic (exact) mass is 350 g/mol. The van der Waals surface area contributed by atoms with E-state index >= 15 is 0 Å². The van der Waals surface area contributed by atoms with Gasteiger partial charge in [-0.2, -0.15) is 0 Å². The van der Waals surface area contributed by atoms with Crippen LogP contribution in [-0.4, -0.2) is 30.6 Å². The first-order chi connectivity index (χ1) is 11.6. The van der Waals surface area contributed by atoms with Gasteiger partial charge >= 0.3 is 0 Å². The third-order valence-corrected chi connectivity index (χ3v) is 3.59. The third kappa shape index (κ3) is 5.28. The summed E-state index contributed by atoms with van der Waals surface area (Å²) in [6.45, 7) is 3.92. The molecule has 0 unspecified atom stereocenters. The van der Waals surface area contributed by atoms with Crippen LogP contribution in [0.15, 0.2) is 36.5 Å². The van der Waals surface area contributed by atoms with Crippen LogP contribution in [0.3, 0.4) is 0 Å². The van der Waals surface area contributed by atoms with E-state index in [-0.39, 0.29) is 11.7 Å². The average Bonchev–Trinajstić information content (AvgIpc) is 2.57. The van der Waals surface area contributed by atoms with Crippen LogP contribution in [0.25, 0.3) is 11.3 Å². The molecule has 0 aliphatic rings. The van der Waals surface area contributed by atoms with Gasteiger partial charge in [0.05, 0.1) is 16.3 Å². The summed E-state index contributed by atoms with van der Waals surface area (Å²) in [4.78, 5) is 16.3. The van der Waals surface area contributed by atoms with Crippen LogP contribution in [0.2, 0.25) is 5.02 Å². The Morgan fingerprint density at radius 3 is 2.88 bits per heavy atom. The van der Waals surface area contributed by atoms with E-state index < -0.39 is 0 Å². The number of aromatic nitrogens is 1. The van der Waals surface area contributed by atoms with Gasteiger partial charge in [0.2, 0.25) is 0 Å². The minimum Gasteiger partial charge on any atom is -0.381 e. The maximum absolute atomic E-state index is 13.3. The van der Waals surface area contributed by atoms with Gasteiger partial charge < -0.3 is 10.1 Å². The lowest BCUT2D eigenvalue weighted by Gasteiger charge is -2.08. The van der Waals surface area contributed by atoms with Crippen LogP contribution in [0, 0.1) is 5.82 Å². The van der Waals surface area contributed by atoms with Gasteiger partial charge in [0.25, 0.3) is 5.91 Å². The number of nitrogens with zero attached hydrogens (tertiary/aromatic N) is 1. The number of hydrogen-bond donors (Lipinski definition) is 1. The first-order valence-electron chi connectivity index (χ1n) is 7.89. The number of nitrogens with one attached hydrogen (secondary N) is 1. The molecule has 0 aliphatic carbocycles. The van der Waals surface area contributed by atoms with Gasteiger partial charge in [-0.1, -0.05) is 30.7 Å². The number of pyridine rings is 1. The summed E-state index contributed by atoms with van der Waals surface area (Å²) in [5, 5.41) is 3.10. The number of hydrogen-bond acceptors (Lipinski definition) is 3. The van der Waals surface area contributed by atoms with Gasteiger partial charge in [-0.3, -0.25) is 9.78 Å². The Hall–Kier alpha value is -1.98. The Labute approximate surface area is 146 Å². The van der Waals surface area contributed by atoms with Crippen LogP contribution >= 0.6 is 11.6 Å². The predicted octanol–water partition coefficient (Wildman–Crippen LogP) is 4.09. The summed E-state index contributed by atoms with van der Waals surface area (Å²) < 4.78 is 18.6. The van der Waals surface area contributed by atoms with E-state index in [4.69, 9.17) is 16.3 Å². The average molecular weight is 351 g/mol. The molecule has 0 spiro atoms. The number of rotatable bonds is 8. The van der Waals surface area contributed by atoms with Gasteiger partial charge in [0.15, 0.2) is 0 Å². The molecule has 0 saturated carbocycles. The summed E-state index contributed by atoms with van der Waals surface area (Å²) in [5.74, 6) is -0.608. The summed E-state index contributed by atoms with van der Waals surface area (Å²) >= 11 is 6.19. The first-order valence-corrected chi connectivity index (χ1v) is 8.27. The molecule has 2 aromatic rings. The number of ether oxygens (including phenoxy) is 1. The van der Waals surface area contributed by atoms with Crippen molar-refractivity contribution < 1.29 is 13.9 Å². The maximum Gasteiger partial charge on any atom is 0.252 e. The summed E-state index contributed by atoms with van der Waals surface area (Å²) in [5.41, 5.74) is 1.38. The highest BCUT2D eigenvalue weighted by atomic mass is 35.5. The number of carbonyl (C=O) groups is 1. The zero-order valence-corrected chi connectivity index (χ0v) is 14.3. The van der Waals surface area contributed by atoms with Crippen LogP contribution in [-0.2, 0) is 4.74 Å². The van der Waals surface area contributed by atoms with E-state index in [0.29, 0.717) is 35.0 Å². The SMILES string of the molecule is CCCOCCCNC(=O)c1cnc(-c2cccc(F)c2)c(Cl)c1. The lowest BCUT2D eigenvalue weighted by atomic mass is 10.1. The van der Waals surface area contributed by atoms with Crippen LogP contribution in [0.4, 0.5) is 4.39 Å². The molecular weight excluding hydrogens is 331 g/mol. The zero-order chi connectivity index (χ0) is 17.4. The van der Waals surface area contributed by atoms with Crippen molar-refractivity contribution in [3.63, 3.8) is 0 Å². The second-order valence-electron chi connectivity index (χ2n) is 5.29. The molecule has 1 aromatic carbocycles. The van der Waals surface area contributed by atoms with Crippen LogP contribution in [0.1, 0.15) is 30.1 Å². The second kappa shape index (κ2) is 9.35. The molecule has 1 amide bonds. The molecule has 0 aliphatic heterocycles. The zero-order valence-electron chi connectivity index (χ0n) is 13.5. The van der Waals surface area contributed by atoms with Crippen molar-refractivity contribution in [3.8, 4) is 11.3 Å². The molecule has 1 N–H and O–H groups in total. The Bertz CT molecular complexity index is 694. The Morgan fingerprint density at radius 1 is 1.33 bits per heavy atom. The molecule has 1 aromatic heterocycles. The minimum absolute atomic E-state index is 0.245. The van der Waals surface area contributed by atoms with Crippen molar-refractivity contribution in [2.75, 3.05) is 19.8 Å².